The molecule has 0 bridgehead atoms. The molecule has 3 aromatic rings. The second-order valence-electron chi connectivity index (χ2n) is 9.41. The van der Waals surface area contributed by atoms with E-state index in [1.165, 1.54) is 18.0 Å². The van der Waals surface area contributed by atoms with Gasteiger partial charge < -0.3 is 25.4 Å². The molecule has 1 atom stereocenters. The van der Waals surface area contributed by atoms with Gasteiger partial charge in [-0.25, -0.2) is 14.4 Å². The number of fused-ring (bicyclic) bond motifs is 2. The summed E-state index contributed by atoms with van der Waals surface area (Å²) < 4.78 is 20.0. The third kappa shape index (κ3) is 4.08. The summed E-state index contributed by atoms with van der Waals surface area (Å²) in [5, 5.41) is 9.86. The molecule has 2 aliphatic heterocycles. The monoisotopic (exact) mass is 491 g/mol. The molecule has 1 spiro atoms. The van der Waals surface area contributed by atoms with Crippen LogP contribution in [0.2, 0.25) is 0 Å². The maximum atomic E-state index is 14.5. The molecule has 9 nitrogen and oxygen atoms in total. The lowest BCUT2D eigenvalue weighted by molar-refractivity contribution is -0.118. The van der Waals surface area contributed by atoms with E-state index in [-0.39, 0.29) is 17.9 Å². The SMILES string of the molecule is C[C@@H](O)c1ccc(F)c(-c2cnc(N3CC4(COC4)c4ccc(C(=O)N(C)CC(N)=O)cc43)nc2)c1. The average Bonchev–Trinajstić information content (AvgIpc) is 3.19. The molecule has 0 unspecified atom stereocenters. The van der Waals surface area contributed by atoms with Crippen LogP contribution in [0.1, 0.15) is 34.5 Å². The zero-order valence-corrected chi connectivity index (χ0v) is 19.9. The van der Waals surface area contributed by atoms with Crippen LogP contribution in [-0.4, -0.2) is 65.1 Å². The fourth-order valence-electron chi connectivity index (χ4n) is 4.73. The minimum atomic E-state index is -0.731. The van der Waals surface area contributed by atoms with E-state index < -0.39 is 17.8 Å². The number of carbonyl (C=O) groups is 2. The van der Waals surface area contributed by atoms with E-state index in [1.807, 2.05) is 11.0 Å². The average molecular weight is 492 g/mol. The maximum absolute atomic E-state index is 14.5. The van der Waals surface area contributed by atoms with Crippen molar-refractivity contribution >= 4 is 23.5 Å². The molecule has 36 heavy (non-hydrogen) atoms. The molecule has 2 amide bonds. The van der Waals surface area contributed by atoms with Gasteiger partial charge in [-0.3, -0.25) is 9.59 Å². The number of nitrogens with zero attached hydrogens (tertiary/aromatic N) is 4. The van der Waals surface area contributed by atoms with E-state index in [0.717, 1.165) is 11.3 Å². The first kappa shape index (κ1) is 23.8. The number of amides is 2. The van der Waals surface area contributed by atoms with Gasteiger partial charge in [0.25, 0.3) is 5.91 Å². The Morgan fingerprint density at radius 2 is 1.94 bits per heavy atom. The highest BCUT2D eigenvalue weighted by Gasteiger charge is 2.49. The number of hydrogen-bond acceptors (Lipinski definition) is 7. The number of carbonyl (C=O) groups excluding carboxylic acids is 2. The smallest absolute Gasteiger partial charge is 0.254 e. The molecule has 0 saturated carbocycles. The predicted molar refractivity (Wildman–Crippen MR) is 130 cm³/mol. The molecule has 5 rings (SSSR count). The summed E-state index contributed by atoms with van der Waals surface area (Å²) in [5.74, 6) is -0.947. The Balaban J connectivity index is 1.49. The second kappa shape index (κ2) is 8.96. The molecule has 186 valence electrons. The number of likely N-dealkylation sites (N-methyl/N-ethyl adjacent to an activating group) is 1. The van der Waals surface area contributed by atoms with Gasteiger partial charge in [-0.2, -0.15) is 0 Å². The highest BCUT2D eigenvalue weighted by Crippen LogP contribution is 2.48. The predicted octanol–water partition coefficient (Wildman–Crippen LogP) is 2.31. The highest BCUT2D eigenvalue weighted by atomic mass is 19.1. The fraction of sp³-hybridized carbons (Fsp3) is 0.308. The van der Waals surface area contributed by atoms with Crippen molar-refractivity contribution in [1.82, 2.24) is 14.9 Å². The highest BCUT2D eigenvalue weighted by molar-refractivity contribution is 5.97. The Morgan fingerprint density at radius 3 is 2.56 bits per heavy atom. The quantitative estimate of drug-likeness (QED) is 0.543. The maximum Gasteiger partial charge on any atom is 0.254 e. The van der Waals surface area contributed by atoms with Crippen molar-refractivity contribution in [1.29, 1.82) is 0 Å². The van der Waals surface area contributed by atoms with Gasteiger partial charge in [0.2, 0.25) is 11.9 Å². The molecule has 0 aliphatic carbocycles. The van der Waals surface area contributed by atoms with E-state index in [0.29, 0.717) is 48.0 Å². The standard InChI is InChI=1S/C26H26FN5O4/c1-15(33)16-4-6-21(27)19(7-16)18-9-29-25(30-10-18)32-12-26(13-36-14-26)20-5-3-17(8-22(20)32)24(35)31(2)11-23(28)34/h3-10,15,33H,11-14H2,1-2H3,(H2,28,34)/t15-/m1/s1. The summed E-state index contributed by atoms with van der Waals surface area (Å²) in [6, 6.07) is 9.87. The summed E-state index contributed by atoms with van der Waals surface area (Å²) in [5.41, 5.74) is 8.62. The lowest BCUT2D eigenvalue weighted by Crippen LogP contribution is -2.49. The van der Waals surface area contributed by atoms with E-state index >= 15 is 0 Å². The van der Waals surface area contributed by atoms with Gasteiger partial charge in [0.1, 0.15) is 5.82 Å². The van der Waals surface area contributed by atoms with Crippen LogP contribution >= 0.6 is 0 Å². The summed E-state index contributed by atoms with van der Waals surface area (Å²) in [4.78, 5) is 36.3. The minimum absolute atomic E-state index is 0.186. The Kier molecular flexibility index (Phi) is 5.93. The van der Waals surface area contributed by atoms with Gasteiger partial charge in [-0.15, -0.1) is 0 Å². The van der Waals surface area contributed by atoms with Gasteiger partial charge in [0, 0.05) is 48.4 Å². The molecule has 1 fully saturated rings. The minimum Gasteiger partial charge on any atom is -0.389 e. The molecule has 3 N–H and O–H groups in total. The van der Waals surface area contributed by atoms with Crippen LogP contribution < -0.4 is 10.6 Å². The van der Waals surface area contributed by atoms with Crippen molar-refractivity contribution in [2.45, 2.75) is 18.4 Å². The third-order valence-corrected chi connectivity index (χ3v) is 6.73. The number of benzene rings is 2. The number of rotatable bonds is 6. The number of hydrogen-bond donors (Lipinski definition) is 2. The molecular formula is C26H26FN5O4. The summed E-state index contributed by atoms with van der Waals surface area (Å²) in [6.45, 7) is 3.09. The van der Waals surface area contributed by atoms with Crippen LogP contribution in [0.15, 0.2) is 48.8 Å². The number of anilines is 2. The number of halogens is 1. The Labute approximate surface area is 207 Å². The Bertz CT molecular complexity index is 1340. The lowest BCUT2D eigenvalue weighted by atomic mass is 9.80. The normalized spacial score (nSPS) is 16.4. The number of aliphatic hydroxyl groups is 1. The van der Waals surface area contributed by atoms with Gasteiger partial charge in [0.15, 0.2) is 0 Å². The fourth-order valence-corrected chi connectivity index (χ4v) is 4.73. The van der Waals surface area contributed by atoms with E-state index in [1.54, 1.807) is 43.6 Å². The van der Waals surface area contributed by atoms with Crippen molar-refractivity contribution < 1.29 is 23.8 Å². The van der Waals surface area contributed by atoms with Crippen molar-refractivity contribution in [2.75, 3.05) is 38.3 Å². The number of aromatic nitrogens is 2. The molecule has 2 aromatic carbocycles. The summed E-state index contributed by atoms with van der Waals surface area (Å²) >= 11 is 0. The second-order valence-corrected chi connectivity index (χ2v) is 9.41. The first-order valence-electron chi connectivity index (χ1n) is 11.5. The Morgan fingerprint density at radius 1 is 1.22 bits per heavy atom. The van der Waals surface area contributed by atoms with E-state index in [2.05, 4.69) is 9.97 Å². The zero-order valence-electron chi connectivity index (χ0n) is 19.9. The number of primary amides is 1. The third-order valence-electron chi connectivity index (χ3n) is 6.73. The van der Waals surface area contributed by atoms with Crippen LogP contribution in [-0.2, 0) is 14.9 Å². The van der Waals surface area contributed by atoms with Crippen LogP contribution in [0.4, 0.5) is 16.0 Å². The number of nitrogens with two attached hydrogens (primary N) is 1. The molecule has 1 aromatic heterocycles. The van der Waals surface area contributed by atoms with E-state index in [9.17, 15) is 19.1 Å². The van der Waals surface area contributed by atoms with E-state index in [4.69, 9.17) is 10.5 Å². The summed E-state index contributed by atoms with van der Waals surface area (Å²) in [7, 11) is 1.52. The number of ether oxygens (including phenoxy) is 1. The molecular weight excluding hydrogens is 465 g/mol. The van der Waals surface area contributed by atoms with Crippen LogP contribution in [0, 0.1) is 5.82 Å². The van der Waals surface area contributed by atoms with Crippen molar-refractivity contribution in [3.8, 4) is 11.1 Å². The van der Waals surface area contributed by atoms with Gasteiger partial charge >= 0.3 is 0 Å². The van der Waals surface area contributed by atoms with Crippen LogP contribution in [0.3, 0.4) is 0 Å². The van der Waals surface area contributed by atoms with Crippen molar-refractivity contribution in [3.63, 3.8) is 0 Å². The largest absolute Gasteiger partial charge is 0.389 e. The van der Waals surface area contributed by atoms with Crippen LogP contribution in [0.25, 0.3) is 11.1 Å². The molecule has 1 saturated heterocycles. The molecule has 3 heterocycles. The lowest BCUT2D eigenvalue weighted by Gasteiger charge is -2.38. The molecule has 0 radical (unpaired) electrons. The summed E-state index contributed by atoms with van der Waals surface area (Å²) in [6.07, 6.45) is 2.36. The van der Waals surface area contributed by atoms with Crippen molar-refractivity contribution in [3.05, 3.63) is 71.3 Å². The molecule has 2 aliphatic rings. The van der Waals surface area contributed by atoms with Gasteiger partial charge in [0.05, 0.1) is 31.3 Å². The Hall–Kier alpha value is -3.89. The molecule has 10 heteroatoms. The number of aliphatic hydroxyl groups excluding tert-OH is 1. The van der Waals surface area contributed by atoms with Crippen molar-refractivity contribution in [2.24, 2.45) is 5.73 Å². The van der Waals surface area contributed by atoms with Crippen LogP contribution in [0.5, 0.6) is 0 Å². The van der Waals surface area contributed by atoms with Gasteiger partial charge in [-0.1, -0.05) is 12.1 Å². The van der Waals surface area contributed by atoms with Gasteiger partial charge in [-0.05, 0) is 42.3 Å². The first-order chi connectivity index (χ1) is 17.2. The zero-order chi connectivity index (χ0) is 25.6. The first-order valence-corrected chi connectivity index (χ1v) is 11.5. The topological polar surface area (TPSA) is 122 Å².